The summed E-state index contributed by atoms with van der Waals surface area (Å²) in [5.41, 5.74) is 2.00. The zero-order valence-electron chi connectivity index (χ0n) is 9.72. The summed E-state index contributed by atoms with van der Waals surface area (Å²) in [6, 6.07) is 7.87. The van der Waals surface area contributed by atoms with Crippen LogP contribution < -0.4 is 5.32 Å². The highest BCUT2D eigenvalue weighted by molar-refractivity contribution is 7.16. The number of pyridine rings is 1. The fourth-order valence-electron chi connectivity index (χ4n) is 1.67. The van der Waals surface area contributed by atoms with Gasteiger partial charge < -0.3 is 5.32 Å². The summed E-state index contributed by atoms with van der Waals surface area (Å²) in [5, 5.41) is 7.55. The molecule has 0 aliphatic rings. The molecule has 0 fully saturated rings. The minimum Gasteiger partial charge on any atom is -0.348 e. The van der Waals surface area contributed by atoms with E-state index in [9.17, 15) is 0 Å². The van der Waals surface area contributed by atoms with E-state index in [0.29, 0.717) is 12.5 Å². The van der Waals surface area contributed by atoms with E-state index in [4.69, 9.17) is 11.6 Å². The lowest BCUT2D eigenvalue weighted by molar-refractivity contribution is 0.944. The minimum absolute atomic E-state index is 0.630. The van der Waals surface area contributed by atoms with Crippen molar-refractivity contribution < 1.29 is 0 Å². The Morgan fingerprint density at radius 3 is 3.00 bits per heavy atom. The van der Waals surface area contributed by atoms with Gasteiger partial charge in [-0.05, 0) is 30.7 Å². The number of nitrogens with one attached hydrogen (secondary N) is 1. The molecule has 92 valence electrons. The van der Waals surface area contributed by atoms with Gasteiger partial charge in [-0.15, -0.1) is 16.4 Å². The molecule has 3 aromatic rings. The summed E-state index contributed by atoms with van der Waals surface area (Å²) in [6.45, 7) is 2.72. The Hall–Kier alpha value is -1.59. The first-order valence-corrected chi connectivity index (χ1v) is 6.71. The van der Waals surface area contributed by atoms with Crippen LogP contribution in [-0.4, -0.2) is 14.6 Å². The molecule has 18 heavy (non-hydrogen) atoms. The van der Waals surface area contributed by atoms with Crippen LogP contribution in [0.15, 0.2) is 30.5 Å². The van der Waals surface area contributed by atoms with Gasteiger partial charge in [0, 0.05) is 11.1 Å². The molecule has 1 N–H and O–H groups in total. The molecule has 0 atom stereocenters. The van der Waals surface area contributed by atoms with Crippen molar-refractivity contribution in [1.29, 1.82) is 0 Å². The van der Waals surface area contributed by atoms with Crippen LogP contribution in [0.25, 0.3) is 5.65 Å². The number of aromatic nitrogens is 3. The predicted molar refractivity (Wildman–Crippen MR) is 74.4 cm³/mol. The highest BCUT2D eigenvalue weighted by Crippen LogP contribution is 2.21. The number of nitrogens with zero attached hydrogens (tertiary/aromatic N) is 3. The lowest BCUT2D eigenvalue weighted by atomic mass is 10.3. The molecule has 3 heterocycles. The normalized spacial score (nSPS) is 11.0. The maximum absolute atomic E-state index is 5.88. The zero-order valence-corrected chi connectivity index (χ0v) is 11.3. The van der Waals surface area contributed by atoms with Crippen LogP contribution in [0.3, 0.4) is 0 Å². The molecular formula is C12H11ClN4S. The standard InChI is InChI=1S/C12H11ClN4S/c1-8-2-5-11-15-12(16-17(11)7-8)14-6-9-3-4-10(13)18-9/h2-5,7H,6H2,1H3,(H,14,16). The van der Waals surface area contributed by atoms with E-state index in [1.807, 2.05) is 37.4 Å². The highest BCUT2D eigenvalue weighted by Gasteiger charge is 2.04. The second-order valence-corrected chi connectivity index (χ2v) is 5.80. The summed E-state index contributed by atoms with van der Waals surface area (Å²) >= 11 is 7.44. The minimum atomic E-state index is 0.630. The molecule has 0 saturated carbocycles. The Labute approximate surface area is 113 Å². The molecule has 0 unspecified atom stereocenters. The molecule has 0 aromatic carbocycles. The molecule has 6 heteroatoms. The lowest BCUT2D eigenvalue weighted by Crippen LogP contribution is -1.99. The SMILES string of the molecule is Cc1ccc2nc(NCc3ccc(Cl)s3)nn2c1. The maximum atomic E-state index is 5.88. The third-order valence-electron chi connectivity index (χ3n) is 2.53. The van der Waals surface area contributed by atoms with Crippen LogP contribution in [0.5, 0.6) is 0 Å². The molecule has 0 amide bonds. The van der Waals surface area contributed by atoms with Crippen LogP contribution in [-0.2, 0) is 6.54 Å². The van der Waals surface area contributed by atoms with Gasteiger partial charge >= 0.3 is 0 Å². The Morgan fingerprint density at radius 2 is 2.22 bits per heavy atom. The van der Waals surface area contributed by atoms with Gasteiger partial charge in [0.25, 0.3) is 0 Å². The Balaban J connectivity index is 1.78. The molecule has 3 rings (SSSR count). The van der Waals surface area contributed by atoms with Crippen molar-refractivity contribution in [2.24, 2.45) is 0 Å². The Morgan fingerprint density at radius 1 is 1.33 bits per heavy atom. The van der Waals surface area contributed by atoms with Gasteiger partial charge in [-0.2, -0.15) is 4.98 Å². The number of halogens is 1. The molecule has 0 saturated heterocycles. The van der Waals surface area contributed by atoms with E-state index in [0.717, 1.165) is 20.4 Å². The highest BCUT2D eigenvalue weighted by atomic mass is 35.5. The van der Waals surface area contributed by atoms with Gasteiger partial charge in [0.05, 0.1) is 10.9 Å². The summed E-state index contributed by atoms with van der Waals surface area (Å²) in [7, 11) is 0. The van der Waals surface area contributed by atoms with Crippen LogP contribution in [0.2, 0.25) is 4.34 Å². The van der Waals surface area contributed by atoms with Gasteiger partial charge in [0.1, 0.15) is 0 Å². The van der Waals surface area contributed by atoms with Crippen molar-refractivity contribution in [3.05, 3.63) is 45.2 Å². The number of hydrogen-bond donors (Lipinski definition) is 1. The number of rotatable bonds is 3. The number of anilines is 1. The van der Waals surface area contributed by atoms with Gasteiger partial charge in [-0.25, -0.2) is 4.52 Å². The fraction of sp³-hybridized carbons (Fsp3) is 0.167. The first-order valence-electron chi connectivity index (χ1n) is 5.52. The van der Waals surface area contributed by atoms with E-state index >= 15 is 0 Å². The van der Waals surface area contributed by atoms with Crippen molar-refractivity contribution in [2.45, 2.75) is 13.5 Å². The average molecular weight is 279 g/mol. The summed E-state index contributed by atoms with van der Waals surface area (Å²) < 4.78 is 2.57. The van der Waals surface area contributed by atoms with E-state index in [-0.39, 0.29) is 0 Å². The lowest BCUT2D eigenvalue weighted by Gasteiger charge is -1.97. The van der Waals surface area contributed by atoms with E-state index in [2.05, 4.69) is 15.4 Å². The van der Waals surface area contributed by atoms with E-state index in [1.165, 1.54) is 0 Å². The van der Waals surface area contributed by atoms with Gasteiger partial charge in [-0.3, -0.25) is 0 Å². The molecule has 0 radical (unpaired) electrons. The summed E-state index contributed by atoms with van der Waals surface area (Å²) in [4.78, 5) is 5.55. The molecule has 0 bridgehead atoms. The van der Waals surface area contributed by atoms with Crippen LogP contribution in [0, 0.1) is 6.92 Å². The zero-order chi connectivity index (χ0) is 12.5. The van der Waals surface area contributed by atoms with Gasteiger partial charge in [0.2, 0.25) is 5.95 Å². The smallest absolute Gasteiger partial charge is 0.243 e. The maximum Gasteiger partial charge on any atom is 0.243 e. The Kier molecular flexibility index (Phi) is 2.93. The molecule has 3 aromatic heterocycles. The van der Waals surface area contributed by atoms with Crippen molar-refractivity contribution in [3.8, 4) is 0 Å². The third-order valence-corrected chi connectivity index (χ3v) is 3.76. The number of thiophene rings is 1. The second kappa shape index (κ2) is 4.59. The van der Waals surface area contributed by atoms with Crippen molar-refractivity contribution in [3.63, 3.8) is 0 Å². The largest absolute Gasteiger partial charge is 0.348 e. The monoisotopic (exact) mass is 278 g/mol. The third kappa shape index (κ3) is 2.32. The summed E-state index contributed by atoms with van der Waals surface area (Å²) in [6.07, 6.45) is 1.95. The molecule has 0 aliphatic carbocycles. The van der Waals surface area contributed by atoms with Gasteiger partial charge in [0.15, 0.2) is 5.65 Å². The predicted octanol–water partition coefficient (Wildman–Crippen LogP) is 3.36. The number of aryl methyl sites for hydroxylation is 1. The van der Waals surface area contributed by atoms with Crippen molar-refractivity contribution in [2.75, 3.05) is 5.32 Å². The average Bonchev–Trinajstić information content (AvgIpc) is 2.92. The molecule has 0 aliphatic heterocycles. The summed E-state index contributed by atoms with van der Waals surface area (Å²) in [5.74, 6) is 0.630. The molecule has 0 spiro atoms. The van der Waals surface area contributed by atoms with E-state index < -0.39 is 0 Å². The van der Waals surface area contributed by atoms with Crippen LogP contribution in [0.4, 0.5) is 5.95 Å². The number of hydrogen-bond acceptors (Lipinski definition) is 4. The molecular weight excluding hydrogens is 268 g/mol. The first-order chi connectivity index (χ1) is 8.70. The van der Waals surface area contributed by atoms with Crippen molar-refractivity contribution in [1.82, 2.24) is 14.6 Å². The number of fused-ring (bicyclic) bond motifs is 1. The van der Waals surface area contributed by atoms with Crippen LogP contribution in [0.1, 0.15) is 10.4 Å². The quantitative estimate of drug-likeness (QED) is 0.799. The van der Waals surface area contributed by atoms with E-state index in [1.54, 1.807) is 15.9 Å². The Bertz CT molecular complexity index is 688. The topological polar surface area (TPSA) is 42.2 Å². The van der Waals surface area contributed by atoms with Crippen LogP contribution >= 0.6 is 22.9 Å². The molecule has 4 nitrogen and oxygen atoms in total. The fourth-order valence-corrected chi connectivity index (χ4v) is 2.70. The second-order valence-electron chi connectivity index (χ2n) is 4.00. The van der Waals surface area contributed by atoms with Gasteiger partial charge in [-0.1, -0.05) is 17.7 Å². The first kappa shape index (κ1) is 11.5. The van der Waals surface area contributed by atoms with Crippen molar-refractivity contribution >= 4 is 34.5 Å².